The summed E-state index contributed by atoms with van der Waals surface area (Å²) in [5, 5.41) is 14.2. The van der Waals surface area contributed by atoms with Gasteiger partial charge in [0.2, 0.25) is 5.95 Å². The van der Waals surface area contributed by atoms with Crippen LogP contribution in [0.1, 0.15) is 19.5 Å². The Kier molecular flexibility index (Phi) is 6.35. The molecule has 11 nitrogen and oxygen atoms in total. The first-order valence-corrected chi connectivity index (χ1v) is 13.5. The fraction of sp³-hybridized carbons (Fsp3) is 0.379. The van der Waals surface area contributed by atoms with Crippen LogP contribution < -0.4 is 20.7 Å². The van der Waals surface area contributed by atoms with Crippen LogP contribution in [0.4, 0.5) is 23.0 Å². The molecule has 40 heavy (non-hydrogen) atoms. The predicted molar refractivity (Wildman–Crippen MR) is 158 cm³/mol. The van der Waals surface area contributed by atoms with E-state index in [-0.39, 0.29) is 12.1 Å². The summed E-state index contributed by atoms with van der Waals surface area (Å²) in [5.74, 6) is 0.835. The number of benzene rings is 1. The number of pyridine rings is 1. The van der Waals surface area contributed by atoms with Gasteiger partial charge in [0.1, 0.15) is 11.0 Å². The highest BCUT2D eigenvalue weighted by Crippen LogP contribution is 2.38. The third kappa shape index (κ3) is 4.50. The van der Waals surface area contributed by atoms with Gasteiger partial charge in [-0.15, -0.1) is 6.58 Å². The number of likely N-dealkylation sites (N-methyl/N-ethyl adjacent to an activating group) is 2. The standard InChI is InChI=1S/C29H35N9O2/c1-6-12-37-27(39)21-16-30-28(33-26(21)38(37)25-9-7-8-24(32-25)29(2,3)40)31-19-10-11-22-23(15-19)35(5)18-20-17-34(4)13-14-36(20)22/h6-11,15-16,20,40H,1,12-14,17-18H2,2-5H3,(H,30,31,33). The van der Waals surface area contributed by atoms with Crippen LogP contribution in [-0.2, 0) is 12.1 Å². The van der Waals surface area contributed by atoms with Crippen molar-refractivity contribution in [1.29, 1.82) is 0 Å². The third-order valence-electron chi connectivity index (χ3n) is 7.68. The Bertz CT molecular complexity index is 1650. The first-order valence-electron chi connectivity index (χ1n) is 13.5. The van der Waals surface area contributed by atoms with E-state index in [2.05, 4.69) is 62.8 Å². The van der Waals surface area contributed by atoms with Crippen molar-refractivity contribution in [3.05, 3.63) is 71.3 Å². The molecular weight excluding hydrogens is 506 g/mol. The molecule has 0 amide bonds. The molecule has 2 N–H and O–H groups in total. The molecule has 5 heterocycles. The van der Waals surface area contributed by atoms with Gasteiger partial charge < -0.3 is 25.1 Å². The van der Waals surface area contributed by atoms with Crippen molar-refractivity contribution in [1.82, 2.24) is 29.2 Å². The lowest BCUT2D eigenvalue weighted by Gasteiger charge is -2.48. The average molecular weight is 542 g/mol. The molecule has 4 aromatic rings. The Labute approximate surface area is 233 Å². The van der Waals surface area contributed by atoms with Gasteiger partial charge in [-0.25, -0.2) is 19.3 Å². The summed E-state index contributed by atoms with van der Waals surface area (Å²) < 4.78 is 3.18. The first-order chi connectivity index (χ1) is 19.1. The van der Waals surface area contributed by atoms with Gasteiger partial charge in [-0.05, 0) is 51.2 Å². The smallest absolute Gasteiger partial charge is 0.278 e. The Hall–Kier alpha value is -4.22. The largest absolute Gasteiger partial charge is 0.384 e. The van der Waals surface area contributed by atoms with Gasteiger partial charge >= 0.3 is 0 Å². The molecule has 2 aliphatic rings. The number of allylic oxidation sites excluding steroid dienone is 1. The van der Waals surface area contributed by atoms with Crippen LogP contribution in [0, 0.1) is 0 Å². The summed E-state index contributed by atoms with van der Waals surface area (Å²) in [6.45, 7) is 11.5. The van der Waals surface area contributed by atoms with Crippen molar-refractivity contribution in [2.75, 3.05) is 55.4 Å². The highest BCUT2D eigenvalue weighted by molar-refractivity contribution is 5.80. The molecule has 1 saturated heterocycles. The van der Waals surface area contributed by atoms with Crippen LogP contribution >= 0.6 is 0 Å². The fourth-order valence-electron chi connectivity index (χ4n) is 5.67. The third-order valence-corrected chi connectivity index (χ3v) is 7.68. The Morgan fingerprint density at radius 3 is 2.73 bits per heavy atom. The normalized spacial score (nSPS) is 17.6. The second-order valence-electron chi connectivity index (χ2n) is 11.2. The molecule has 3 aromatic heterocycles. The summed E-state index contributed by atoms with van der Waals surface area (Å²) in [6, 6.07) is 12.2. The molecule has 0 bridgehead atoms. The summed E-state index contributed by atoms with van der Waals surface area (Å²) in [7, 11) is 4.31. The van der Waals surface area contributed by atoms with Crippen molar-refractivity contribution in [2.45, 2.75) is 32.0 Å². The summed E-state index contributed by atoms with van der Waals surface area (Å²) in [5.41, 5.74) is 2.77. The quantitative estimate of drug-likeness (QED) is 0.356. The highest BCUT2D eigenvalue weighted by Gasteiger charge is 2.33. The number of hydrogen-bond acceptors (Lipinski definition) is 9. The topological polar surface area (TPSA) is 108 Å². The predicted octanol–water partition coefficient (Wildman–Crippen LogP) is 2.70. The van der Waals surface area contributed by atoms with Gasteiger partial charge in [-0.3, -0.25) is 4.79 Å². The molecule has 0 spiro atoms. The molecular formula is C29H35N9O2. The van der Waals surface area contributed by atoms with Gasteiger partial charge in [0, 0.05) is 45.1 Å². The van der Waals surface area contributed by atoms with Gasteiger partial charge in [0.05, 0.1) is 29.7 Å². The molecule has 1 fully saturated rings. The SMILES string of the molecule is C=CCn1c(=O)c2cnc(Nc3ccc4c(c3)N(C)CC3CN(C)CCN43)nc2n1-c1cccc(C(C)(C)O)n1. The van der Waals surface area contributed by atoms with Gasteiger partial charge in [0.25, 0.3) is 5.56 Å². The van der Waals surface area contributed by atoms with E-state index in [1.165, 1.54) is 10.4 Å². The molecule has 1 unspecified atom stereocenters. The van der Waals surface area contributed by atoms with Crippen molar-refractivity contribution >= 4 is 34.0 Å². The molecule has 11 heteroatoms. The summed E-state index contributed by atoms with van der Waals surface area (Å²) in [4.78, 5) is 34.4. The number of nitrogens with one attached hydrogen (secondary N) is 1. The van der Waals surface area contributed by atoms with Crippen LogP contribution in [-0.4, -0.2) is 80.6 Å². The lowest BCUT2D eigenvalue weighted by atomic mass is 10.0. The second kappa shape index (κ2) is 9.76. The van der Waals surface area contributed by atoms with Crippen molar-refractivity contribution in [3.8, 4) is 5.82 Å². The number of rotatable bonds is 6. The Morgan fingerprint density at radius 1 is 1.12 bits per heavy atom. The van der Waals surface area contributed by atoms with E-state index in [1.807, 2.05) is 6.07 Å². The number of anilines is 4. The van der Waals surface area contributed by atoms with Gasteiger partial charge in [-0.1, -0.05) is 12.1 Å². The second-order valence-corrected chi connectivity index (χ2v) is 11.2. The number of nitrogens with zero attached hydrogens (tertiary/aromatic N) is 8. The maximum absolute atomic E-state index is 13.3. The van der Waals surface area contributed by atoms with E-state index >= 15 is 0 Å². The van der Waals surface area contributed by atoms with Crippen molar-refractivity contribution < 1.29 is 5.11 Å². The van der Waals surface area contributed by atoms with Crippen LogP contribution in [0.25, 0.3) is 16.9 Å². The fourth-order valence-corrected chi connectivity index (χ4v) is 5.67. The van der Waals surface area contributed by atoms with Crippen LogP contribution in [0.2, 0.25) is 0 Å². The minimum atomic E-state index is -1.14. The van der Waals surface area contributed by atoms with Gasteiger partial charge in [-0.2, -0.15) is 4.98 Å². The molecule has 1 atom stereocenters. The van der Waals surface area contributed by atoms with Crippen molar-refractivity contribution in [3.63, 3.8) is 0 Å². The van der Waals surface area contributed by atoms with Crippen LogP contribution in [0.3, 0.4) is 0 Å². The maximum atomic E-state index is 13.3. The lowest BCUT2D eigenvalue weighted by Crippen LogP contribution is -2.58. The molecule has 0 radical (unpaired) electrons. The summed E-state index contributed by atoms with van der Waals surface area (Å²) in [6.07, 6.45) is 3.19. The van der Waals surface area contributed by atoms with E-state index < -0.39 is 5.60 Å². The Balaban J connectivity index is 1.39. The van der Waals surface area contributed by atoms with E-state index in [0.717, 1.165) is 37.6 Å². The molecule has 208 valence electrons. The number of aromatic nitrogens is 5. The molecule has 6 rings (SSSR count). The minimum Gasteiger partial charge on any atom is -0.384 e. The molecule has 0 saturated carbocycles. The van der Waals surface area contributed by atoms with Crippen molar-refractivity contribution in [2.24, 2.45) is 0 Å². The lowest BCUT2D eigenvalue weighted by molar-refractivity contribution is 0.0738. The zero-order chi connectivity index (χ0) is 28.2. The zero-order valence-corrected chi connectivity index (χ0v) is 23.4. The number of piperazine rings is 1. The molecule has 2 aliphatic heterocycles. The number of aliphatic hydroxyl groups is 1. The average Bonchev–Trinajstić information content (AvgIpc) is 3.19. The molecule has 0 aliphatic carbocycles. The van der Waals surface area contributed by atoms with Gasteiger partial charge in [0.15, 0.2) is 11.5 Å². The highest BCUT2D eigenvalue weighted by atomic mass is 16.3. The van der Waals surface area contributed by atoms with E-state index in [0.29, 0.717) is 34.5 Å². The Morgan fingerprint density at radius 2 is 1.95 bits per heavy atom. The number of fused-ring (bicyclic) bond motifs is 4. The van der Waals surface area contributed by atoms with E-state index in [9.17, 15) is 9.90 Å². The van der Waals surface area contributed by atoms with Crippen LogP contribution in [0.5, 0.6) is 0 Å². The van der Waals surface area contributed by atoms with E-state index in [4.69, 9.17) is 4.98 Å². The van der Waals surface area contributed by atoms with E-state index in [1.54, 1.807) is 49.0 Å². The number of hydrogen-bond donors (Lipinski definition) is 2. The zero-order valence-electron chi connectivity index (χ0n) is 23.4. The first kappa shape index (κ1) is 26.0. The minimum absolute atomic E-state index is 0.242. The monoisotopic (exact) mass is 541 g/mol. The van der Waals surface area contributed by atoms with Crippen LogP contribution in [0.15, 0.2) is 60.0 Å². The maximum Gasteiger partial charge on any atom is 0.278 e. The molecule has 1 aromatic carbocycles. The summed E-state index contributed by atoms with van der Waals surface area (Å²) >= 11 is 0.